The summed E-state index contributed by atoms with van der Waals surface area (Å²) in [5.41, 5.74) is 0. The molecule has 0 aliphatic carbocycles. The molecule has 124 valence electrons. The van der Waals surface area contributed by atoms with Gasteiger partial charge in [0.15, 0.2) is 0 Å². The molecule has 0 saturated heterocycles. The molecule has 0 spiro atoms. The maximum absolute atomic E-state index is 6.31. The monoisotopic (exact) mass is 1050 g/mol. The van der Waals surface area contributed by atoms with E-state index in [0.29, 0.717) is 0 Å². The maximum atomic E-state index is 6.31. The minimum absolute atomic E-state index is 0.835. The number of hydrogen-bond donors (Lipinski definition) is 0. The topological polar surface area (TPSA) is 9.23 Å². The van der Waals surface area contributed by atoms with Crippen LogP contribution in [0.15, 0.2) is 31.3 Å². The third kappa shape index (κ3) is 3.51. The van der Waals surface area contributed by atoms with Crippen LogP contribution < -0.4 is 4.74 Å². The van der Waals surface area contributed by atoms with Gasteiger partial charge in [-0.15, -0.1) is 0 Å². The van der Waals surface area contributed by atoms with E-state index in [1.807, 2.05) is 0 Å². The second kappa shape index (κ2) is 8.11. The molecule has 0 unspecified atom stereocenters. The normalized spacial score (nSPS) is 14.4. The van der Waals surface area contributed by atoms with Gasteiger partial charge in [-0.25, -0.2) is 0 Å². The summed E-state index contributed by atoms with van der Waals surface area (Å²) < 4.78 is 16.6. The summed E-state index contributed by atoms with van der Waals surface area (Å²) in [4.78, 5) is 0. The Morgan fingerprint density at radius 3 is 1.61 bits per heavy atom. The van der Waals surface area contributed by atoms with Crippen LogP contribution >= 0.6 is 164 Å². The van der Waals surface area contributed by atoms with Crippen LogP contribution in [0.5, 0.6) is 11.5 Å². The van der Waals surface area contributed by atoms with Gasteiger partial charge in [-0.3, -0.25) is 0 Å². The molecular formula is C12Br8I2O. The Balaban J connectivity index is 2.40. The van der Waals surface area contributed by atoms with Gasteiger partial charge in [0.05, 0.1) is 0 Å². The van der Waals surface area contributed by atoms with Crippen LogP contribution in [0.3, 0.4) is 0 Å². The molecule has 0 N–H and O–H groups in total. The van der Waals surface area contributed by atoms with Crippen molar-refractivity contribution < 1.29 is 4.74 Å². The Labute approximate surface area is 218 Å². The fraction of sp³-hybridized carbons (Fsp3) is 0. The standard InChI is InChI=1S/C12Br8I2O/c13-1-2(14)5(17)11-9(4(1)16)22(20)10-7(19)8(21)3(15)6(18)12(10)23-11. The number of fused-ring (bicyclic) bond motifs is 2. The summed E-state index contributed by atoms with van der Waals surface area (Å²) in [6.07, 6.45) is 0. The van der Waals surface area contributed by atoms with Crippen molar-refractivity contribution in [1.82, 2.24) is 0 Å². The quantitative estimate of drug-likeness (QED) is 0.145. The summed E-state index contributed by atoms with van der Waals surface area (Å²) in [5.74, 6) is 1.68. The SMILES string of the molecule is Brc1c(Br)c(Br)c2c(c1Br)Oc1c(Br)c(Br)c(I)c(Br)c1I2Br. The van der Waals surface area contributed by atoms with Gasteiger partial charge in [-0.05, 0) is 0 Å². The predicted octanol–water partition coefficient (Wildman–Crippen LogP) is 10.6. The zero-order valence-corrected chi connectivity index (χ0v) is 27.2. The number of hydrogen-bond acceptors (Lipinski definition) is 1. The van der Waals surface area contributed by atoms with Crippen LogP contribution in [0.4, 0.5) is 0 Å². The first-order chi connectivity index (χ1) is 10.7. The van der Waals surface area contributed by atoms with E-state index >= 15 is 0 Å². The van der Waals surface area contributed by atoms with E-state index in [2.05, 4.69) is 147 Å². The molecule has 2 aromatic rings. The van der Waals surface area contributed by atoms with Crippen molar-refractivity contribution in [3.05, 3.63) is 42.0 Å². The van der Waals surface area contributed by atoms with Crippen LogP contribution in [0.1, 0.15) is 0 Å². The second-order valence-corrected chi connectivity index (χ2v) is 18.3. The number of benzene rings is 2. The van der Waals surface area contributed by atoms with Crippen LogP contribution in [-0.2, 0) is 0 Å². The zero-order chi connectivity index (χ0) is 17.2. The Morgan fingerprint density at radius 1 is 0.609 bits per heavy atom. The molecule has 0 bridgehead atoms. The van der Waals surface area contributed by atoms with E-state index in [-0.39, 0.29) is 0 Å². The van der Waals surface area contributed by atoms with E-state index in [1.54, 1.807) is 0 Å². The molecule has 1 heterocycles. The van der Waals surface area contributed by atoms with Crippen LogP contribution in [0.2, 0.25) is 0 Å². The molecule has 3 rings (SSSR count). The van der Waals surface area contributed by atoms with E-state index in [9.17, 15) is 0 Å². The molecule has 1 nitrogen and oxygen atoms in total. The van der Waals surface area contributed by atoms with Gasteiger partial charge in [-0.1, -0.05) is 0 Å². The first-order valence-corrected chi connectivity index (χ1v) is 19.1. The van der Waals surface area contributed by atoms with Gasteiger partial charge in [-0.2, -0.15) is 0 Å². The molecule has 0 radical (unpaired) electrons. The summed E-state index contributed by atoms with van der Waals surface area (Å²) in [6, 6.07) is 0. The van der Waals surface area contributed by atoms with Crippen molar-refractivity contribution in [1.29, 1.82) is 0 Å². The van der Waals surface area contributed by atoms with Crippen molar-refractivity contribution in [2.24, 2.45) is 0 Å². The van der Waals surface area contributed by atoms with Crippen LogP contribution in [-0.4, -0.2) is 0 Å². The first-order valence-electron chi connectivity index (χ1n) is 5.44. The van der Waals surface area contributed by atoms with E-state index in [4.69, 9.17) is 4.74 Å². The van der Waals surface area contributed by atoms with Crippen molar-refractivity contribution in [2.45, 2.75) is 0 Å². The zero-order valence-electron chi connectivity index (χ0n) is 10.2. The number of ether oxygens (including phenoxy) is 1. The first kappa shape index (κ1) is 21.3. The Hall–Kier alpha value is 3.54. The van der Waals surface area contributed by atoms with E-state index in [1.165, 1.54) is 7.14 Å². The number of halogens is 10. The average molecular weight is 1050 g/mol. The molecule has 0 amide bonds. The van der Waals surface area contributed by atoms with Crippen molar-refractivity contribution in [3.8, 4) is 11.5 Å². The van der Waals surface area contributed by atoms with E-state index in [0.717, 1.165) is 46.4 Å². The van der Waals surface area contributed by atoms with Crippen LogP contribution in [0, 0.1) is 10.7 Å². The molecule has 0 aromatic heterocycles. The fourth-order valence-corrected chi connectivity index (χ4v) is 20.1. The van der Waals surface area contributed by atoms with E-state index < -0.39 is 17.6 Å². The fourth-order valence-electron chi connectivity index (χ4n) is 1.84. The Bertz CT molecular complexity index is 800. The van der Waals surface area contributed by atoms with Gasteiger partial charge in [0.1, 0.15) is 0 Å². The van der Waals surface area contributed by atoms with Gasteiger partial charge >= 0.3 is 223 Å². The molecular weight excluding hydrogens is 1050 g/mol. The van der Waals surface area contributed by atoms with Crippen molar-refractivity contribution in [2.75, 3.05) is 0 Å². The molecule has 2 aromatic carbocycles. The Morgan fingerprint density at radius 2 is 1.04 bits per heavy atom. The van der Waals surface area contributed by atoms with Crippen molar-refractivity contribution >= 4 is 164 Å². The third-order valence-electron chi connectivity index (χ3n) is 2.88. The number of rotatable bonds is 0. The molecule has 1 aliphatic rings. The molecule has 23 heavy (non-hydrogen) atoms. The van der Waals surface area contributed by atoms with Gasteiger partial charge in [0.2, 0.25) is 0 Å². The average Bonchev–Trinajstić information content (AvgIpc) is 2.53. The van der Waals surface area contributed by atoms with Gasteiger partial charge < -0.3 is 0 Å². The molecule has 0 atom stereocenters. The second-order valence-electron chi connectivity index (χ2n) is 4.14. The predicted molar refractivity (Wildman–Crippen MR) is 140 cm³/mol. The molecule has 11 heteroatoms. The Kier molecular flexibility index (Phi) is 7.50. The summed E-state index contributed by atoms with van der Waals surface area (Å²) in [5, 5.41) is 0. The third-order valence-corrected chi connectivity index (χ3v) is 22.5. The summed E-state index contributed by atoms with van der Waals surface area (Å²) in [6.45, 7) is 0. The summed E-state index contributed by atoms with van der Waals surface area (Å²) in [7, 11) is 0. The van der Waals surface area contributed by atoms with Crippen LogP contribution in [0.25, 0.3) is 0 Å². The molecule has 0 fully saturated rings. The van der Waals surface area contributed by atoms with Gasteiger partial charge in [0.25, 0.3) is 0 Å². The van der Waals surface area contributed by atoms with Gasteiger partial charge in [0, 0.05) is 0 Å². The summed E-state index contributed by atoms with van der Waals surface area (Å²) >= 11 is 30.1. The molecule has 0 saturated carbocycles. The van der Waals surface area contributed by atoms with Crippen molar-refractivity contribution in [3.63, 3.8) is 0 Å². The minimum atomic E-state index is -1.87. The molecule has 1 aliphatic heterocycles.